The zero-order valence-corrected chi connectivity index (χ0v) is 35.4. The van der Waals surface area contributed by atoms with E-state index in [9.17, 15) is 43.6 Å². The van der Waals surface area contributed by atoms with Gasteiger partial charge in [-0.3, -0.25) is 14.4 Å². The number of aromatic nitrogens is 3. The van der Waals surface area contributed by atoms with Crippen LogP contribution in [0.25, 0.3) is 22.3 Å². The van der Waals surface area contributed by atoms with E-state index in [2.05, 4.69) is 20.7 Å². The molecule has 12 nitrogen and oxygen atoms in total. The summed E-state index contributed by atoms with van der Waals surface area (Å²) in [6.07, 6.45) is 4.07. The van der Waals surface area contributed by atoms with E-state index in [1.54, 1.807) is 48.5 Å². The molecule has 0 bridgehead atoms. The Hall–Kier alpha value is -5.25. The van der Waals surface area contributed by atoms with Gasteiger partial charge in [-0.2, -0.15) is 15.4 Å². The van der Waals surface area contributed by atoms with Crippen LogP contribution in [-0.4, -0.2) is 79.0 Å². The highest BCUT2D eigenvalue weighted by Gasteiger charge is 2.40. The maximum atomic E-state index is 14.2. The van der Waals surface area contributed by atoms with Gasteiger partial charge in [-0.1, -0.05) is 98.4 Å². The van der Waals surface area contributed by atoms with Crippen LogP contribution in [0.4, 0.5) is 8.78 Å². The number of carboxylic acids is 2. The molecule has 8 N–H and O–H groups in total. The number of aliphatic carboxylic acids is 2. The van der Waals surface area contributed by atoms with Crippen LogP contribution >= 0.6 is 23.2 Å². The molecule has 0 aliphatic heterocycles. The molecule has 5 rings (SSSR count). The van der Waals surface area contributed by atoms with Gasteiger partial charge in [0.2, 0.25) is 0 Å². The summed E-state index contributed by atoms with van der Waals surface area (Å²) < 4.78 is 28.2. The second kappa shape index (κ2) is 22.6. The van der Waals surface area contributed by atoms with Crippen LogP contribution in [0.3, 0.4) is 0 Å². The number of carbonyl (C=O) groups is 3. The number of hydrogen-bond donors (Lipinski definition) is 7. The Morgan fingerprint density at radius 1 is 0.738 bits per heavy atom. The molecule has 1 aromatic heterocycles. The average Bonchev–Trinajstić information content (AvgIpc) is 3.79. The van der Waals surface area contributed by atoms with Crippen molar-refractivity contribution in [2.45, 2.75) is 77.3 Å². The summed E-state index contributed by atoms with van der Waals surface area (Å²) in [5.74, 6) is -3.40. The standard InChI is InChI=1S/C24H26ClFN4O4.C21H25ClFNO3/c1-2-9-24(14-31,23(33)34)12-18(28-22(32)21-13-27-30-29-21)10-15-3-5-16(6-4-15)19-11-17(25)7-8-20(19)26;1-2-9-21(13-25,20(26)27)12-17(24)10-14-3-5-15(6-4-14)18-11-16(22)7-8-19(18)23/h3-8,11,13,18,31H,2,9-10,12,14H2,1H3,(H,28,32)(H,33,34)(H,27,29,30);3-8,11,17,25H,2,9-10,12-13,24H2,1H3,(H,26,27)/t18-,24?;17-,21?/m11/s1. The fraction of sp³-hybridized carbons (Fsp3) is 0.356. The summed E-state index contributed by atoms with van der Waals surface area (Å²) in [5, 5.41) is 52.4. The highest BCUT2D eigenvalue weighted by Crippen LogP contribution is 2.33. The van der Waals surface area contributed by atoms with E-state index in [-0.39, 0.29) is 30.8 Å². The van der Waals surface area contributed by atoms with Gasteiger partial charge in [0.05, 0.1) is 30.2 Å². The van der Waals surface area contributed by atoms with Crippen LogP contribution in [0.2, 0.25) is 10.0 Å². The molecule has 0 fully saturated rings. The molecule has 4 atom stereocenters. The number of nitrogens with one attached hydrogen (secondary N) is 2. The molecule has 326 valence electrons. The Morgan fingerprint density at radius 3 is 1.61 bits per heavy atom. The number of aromatic amines is 1. The molecule has 2 unspecified atom stereocenters. The van der Waals surface area contributed by atoms with Gasteiger partial charge in [0.1, 0.15) is 11.6 Å². The van der Waals surface area contributed by atoms with Crippen LogP contribution < -0.4 is 11.1 Å². The van der Waals surface area contributed by atoms with Gasteiger partial charge in [0.25, 0.3) is 5.91 Å². The Morgan fingerprint density at radius 2 is 1.20 bits per heavy atom. The molecule has 0 aliphatic rings. The lowest BCUT2D eigenvalue weighted by atomic mass is 9.77. The van der Waals surface area contributed by atoms with Crippen molar-refractivity contribution in [3.8, 4) is 22.3 Å². The van der Waals surface area contributed by atoms with E-state index in [4.69, 9.17) is 28.9 Å². The predicted molar refractivity (Wildman–Crippen MR) is 230 cm³/mol. The lowest BCUT2D eigenvalue weighted by Gasteiger charge is -2.31. The van der Waals surface area contributed by atoms with E-state index >= 15 is 0 Å². The third-order valence-corrected chi connectivity index (χ3v) is 11.1. The molecule has 1 heterocycles. The summed E-state index contributed by atoms with van der Waals surface area (Å²) in [6, 6.07) is 22.0. The minimum atomic E-state index is -1.40. The van der Waals surface area contributed by atoms with Crippen molar-refractivity contribution in [3.63, 3.8) is 0 Å². The van der Waals surface area contributed by atoms with Crippen molar-refractivity contribution in [1.29, 1.82) is 0 Å². The van der Waals surface area contributed by atoms with Crippen molar-refractivity contribution in [2.75, 3.05) is 13.2 Å². The molecular weight excluding hydrogens is 831 g/mol. The van der Waals surface area contributed by atoms with Gasteiger partial charge < -0.3 is 31.5 Å². The van der Waals surface area contributed by atoms with Gasteiger partial charge in [-0.05, 0) is 97.2 Å². The fourth-order valence-corrected chi connectivity index (χ4v) is 7.77. The number of amides is 1. The number of halogens is 4. The fourth-order valence-electron chi connectivity index (χ4n) is 7.43. The highest BCUT2D eigenvalue weighted by atomic mass is 35.5. The maximum absolute atomic E-state index is 14.2. The predicted octanol–water partition coefficient (Wildman–Crippen LogP) is 8.13. The van der Waals surface area contributed by atoms with Crippen molar-refractivity contribution in [1.82, 2.24) is 20.7 Å². The number of nitrogens with zero attached hydrogens (tertiary/aromatic N) is 2. The molecule has 61 heavy (non-hydrogen) atoms. The van der Waals surface area contributed by atoms with Crippen LogP contribution in [0.1, 0.15) is 74.0 Å². The Kier molecular flexibility index (Phi) is 17.9. The summed E-state index contributed by atoms with van der Waals surface area (Å²) in [7, 11) is 0. The van der Waals surface area contributed by atoms with E-state index < -0.39 is 59.8 Å². The first-order valence-corrected chi connectivity index (χ1v) is 20.5. The summed E-state index contributed by atoms with van der Waals surface area (Å²) >= 11 is 11.9. The van der Waals surface area contributed by atoms with Gasteiger partial charge in [-0.15, -0.1) is 0 Å². The number of H-pyrrole nitrogens is 1. The summed E-state index contributed by atoms with van der Waals surface area (Å²) in [5.41, 5.74) is 7.47. The number of rotatable bonds is 20. The molecule has 0 saturated heterocycles. The Bertz CT molecular complexity index is 2210. The van der Waals surface area contributed by atoms with Crippen LogP contribution in [0.15, 0.2) is 91.1 Å². The van der Waals surface area contributed by atoms with E-state index in [0.717, 1.165) is 11.1 Å². The van der Waals surface area contributed by atoms with E-state index in [0.29, 0.717) is 64.4 Å². The molecule has 5 aromatic rings. The number of hydrogen-bond acceptors (Lipinski definition) is 8. The summed E-state index contributed by atoms with van der Waals surface area (Å²) in [6.45, 7) is 2.73. The van der Waals surface area contributed by atoms with Crippen LogP contribution in [-0.2, 0) is 22.4 Å². The normalized spacial score (nSPS) is 14.1. The first-order chi connectivity index (χ1) is 29.1. The van der Waals surface area contributed by atoms with E-state index in [1.165, 1.54) is 30.5 Å². The highest BCUT2D eigenvalue weighted by molar-refractivity contribution is 6.31. The molecule has 16 heteroatoms. The molecule has 1 amide bonds. The van der Waals surface area contributed by atoms with Crippen molar-refractivity contribution >= 4 is 41.0 Å². The quantitative estimate of drug-likeness (QED) is 0.0399. The second-order valence-electron chi connectivity index (χ2n) is 15.2. The molecule has 0 radical (unpaired) electrons. The molecule has 0 aliphatic carbocycles. The number of nitrogens with two attached hydrogens (primary N) is 1. The van der Waals surface area contributed by atoms with Crippen molar-refractivity contribution < 1.29 is 43.6 Å². The maximum Gasteiger partial charge on any atom is 0.312 e. The van der Waals surface area contributed by atoms with Gasteiger partial charge in [-0.25, -0.2) is 8.78 Å². The smallest absolute Gasteiger partial charge is 0.312 e. The van der Waals surface area contributed by atoms with Gasteiger partial charge >= 0.3 is 11.9 Å². The van der Waals surface area contributed by atoms with Crippen LogP contribution in [0.5, 0.6) is 0 Å². The number of carboxylic acid groups (broad SMARTS) is 2. The SMILES string of the molecule is CCCC(CO)(C[C@@H](Cc1ccc(-c2cc(Cl)ccc2F)cc1)NC(=O)c1cn[nH]n1)C(=O)O.CCCC(CO)(C[C@H](N)Cc1ccc(-c2cc(Cl)ccc2F)cc1)C(=O)O. The first kappa shape index (κ1) is 48.4. The van der Waals surface area contributed by atoms with E-state index in [1.807, 2.05) is 26.0 Å². The number of benzene rings is 4. The second-order valence-corrected chi connectivity index (χ2v) is 16.1. The molecule has 4 aromatic carbocycles. The lowest BCUT2D eigenvalue weighted by molar-refractivity contribution is -0.154. The Labute approximate surface area is 363 Å². The van der Waals surface area contributed by atoms with Crippen LogP contribution in [0, 0.1) is 22.5 Å². The monoisotopic (exact) mass is 881 g/mol. The van der Waals surface area contributed by atoms with Crippen molar-refractivity contribution in [2.24, 2.45) is 16.6 Å². The zero-order chi connectivity index (χ0) is 44.7. The largest absolute Gasteiger partial charge is 0.481 e. The third kappa shape index (κ3) is 13.1. The zero-order valence-electron chi connectivity index (χ0n) is 33.9. The summed E-state index contributed by atoms with van der Waals surface area (Å²) in [4.78, 5) is 36.3. The first-order valence-electron chi connectivity index (χ1n) is 19.8. The molecular formula is C45H51Cl2F2N5O7. The van der Waals surface area contributed by atoms with Gasteiger partial charge in [0.15, 0.2) is 5.69 Å². The Balaban J connectivity index is 0.000000276. The lowest BCUT2D eigenvalue weighted by Crippen LogP contribution is -2.45. The topological polar surface area (TPSA) is 212 Å². The van der Waals surface area contributed by atoms with Gasteiger partial charge in [0, 0.05) is 33.3 Å². The minimum Gasteiger partial charge on any atom is -0.481 e. The third-order valence-electron chi connectivity index (χ3n) is 10.6. The molecule has 0 spiro atoms. The molecule has 0 saturated carbocycles. The number of carbonyl (C=O) groups excluding carboxylic acids is 1. The minimum absolute atomic E-state index is 0.0148. The average molecular weight is 883 g/mol. The van der Waals surface area contributed by atoms with Crippen molar-refractivity contribution in [3.05, 3.63) is 130 Å². The number of aliphatic hydroxyl groups excluding tert-OH is 2. The number of aliphatic hydroxyl groups is 2.